The minimum absolute atomic E-state index is 0.0515. The number of carbonyl (C=O) groups excluding carboxylic acids is 1. The summed E-state index contributed by atoms with van der Waals surface area (Å²) >= 11 is 0. The Balaban J connectivity index is 1.89. The van der Waals surface area contributed by atoms with E-state index in [1.165, 1.54) is 0 Å². The van der Waals surface area contributed by atoms with Gasteiger partial charge < -0.3 is 14.9 Å². The number of amides is 1. The van der Waals surface area contributed by atoms with Crippen LogP contribution in [0, 0.1) is 0 Å². The molecule has 0 aromatic rings. The number of nitrogens with zero attached hydrogens (tertiary/aromatic N) is 3. The molecule has 0 saturated carbocycles. The van der Waals surface area contributed by atoms with Gasteiger partial charge in [0, 0.05) is 32.2 Å². The van der Waals surface area contributed by atoms with Crippen molar-refractivity contribution in [1.82, 2.24) is 14.7 Å². The van der Waals surface area contributed by atoms with Gasteiger partial charge in [-0.2, -0.15) is 0 Å². The molecule has 0 bridgehead atoms. The fraction of sp³-hybridized carbons (Fsp3) is 0.938. The lowest BCUT2D eigenvalue weighted by Gasteiger charge is -2.38. The van der Waals surface area contributed by atoms with E-state index in [4.69, 9.17) is 0 Å². The molecular weight excluding hydrogens is 266 g/mol. The zero-order chi connectivity index (χ0) is 15.4. The Hall–Kier alpha value is -0.650. The lowest BCUT2D eigenvalue weighted by molar-refractivity contribution is -0.138. The van der Waals surface area contributed by atoms with E-state index in [0.717, 1.165) is 58.5 Å². The van der Waals surface area contributed by atoms with Crippen molar-refractivity contribution in [3.05, 3.63) is 0 Å². The fourth-order valence-electron chi connectivity index (χ4n) is 3.71. The lowest BCUT2D eigenvalue weighted by atomic mass is 10.1. The van der Waals surface area contributed by atoms with Crippen LogP contribution in [0.5, 0.6) is 0 Å². The second kappa shape index (κ2) is 7.56. The number of aliphatic hydroxyl groups is 1. The van der Waals surface area contributed by atoms with E-state index in [1.54, 1.807) is 0 Å². The third kappa shape index (κ3) is 4.18. The van der Waals surface area contributed by atoms with Crippen LogP contribution in [0.1, 0.15) is 40.0 Å². The van der Waals surface area contributed by atoms with Crippen LogP contribution in [0.2, 0.25) is 0 Å². The highest BCUT2D eigenvalue weighted by Crippen LogP contribution is 2.24. The van der Waals surface area contributed by atoms with Crippen LogP contribution in [0.25, 0.3) is 0 Å². The molecule has 21 heavy (non-hydrogen) atoms. The van der Waals surface area contributed by atoms with Gasteiger partial charge in [0.15, 0.2) is 0 Å². The Morgan fingerprint density at radius 1 is 1.19 bits per heavy atom. The van der Waals surface area contributed by atoms with E-state index in [2.05, 4.69) is 16.7 Å². The first-order chi connectivity index (χ1) is 10.0. The molecule has 0 spiro atoms. The van der Waals surface area contributed by atoms with E-state index in [9.17, 15) is 9.90 Å². The quantitative estimate of drug-likeness (QED) is 0.814. The van der Waals surface area contributed by atoms with E-state index in [0.29, 0.717) is 6.04 Å². The lowest BCUT2D eigenvalue weighted by Crippen LogP contribution is -2.55. The van der Waals surface area contributed by atoms with Crippen molar-refractivity contribution in [1.29, 1.82) is 0 Å². The normalized spacial score (nSPS) is 27.8. The van der Waals surface area contributed by atoms with Crippen LogP contribution in [0.3, 0.4) is 0 Å². The van der Waals surface area contributed by atoms with Crippen LogP contribution in [-0.4, -0.2) is 83.2 Å². The number of piperazine rings is 1. The average molecular weight is 297 g/mol. The van der Waals surface area contributed by atoms with Gasteiger partial charge in [0.25, 0.3) is 0 Å². The number of hydrogen-bond donors (Lipinski definition) is 1. The van der Waals surface area contributed by atoms with E-state index in [1.807, 2.05) is 18.7 Å². The van der Waals surface area contributed by atoms with Crippen molar-refractivity contribution in [2.75, 3.05) is 39.3 Å². The topological polar surface area (TPSA) is 47.0 Å². The highest BCUT2D eigenvalue weighted by Gasteiger charge is 2.35. The summed E-state index contributed by atoms with van der Waals surface area (Å²) < 4.78 is 0. The average Bonchev–Trinajstić information content (AvgIpc) is 2.93. The fourth-order valence-corrected chi connectivity index (χ4v) is 3.71. The van der Waals surface area contributed by atoms with Crippen LogP contribution < -0.4 is 0 Å². The third-order valence-corrected chi connectivity index (χ3v) is 5.02. The molecule has 2 aliphatic rings. The van der Waals surface area contributed by atoms with Crippen molar-refractivity contribution in [3.63, 3.8) is 0 Å². The summed E-state index contributed by atoms with van der Waals surface area (Å²) in [5.41, 5.74) is 0. The Morgan fingerprint density at radius 2 is 1.86 bits per heavy atom. The first-order valence-electron chi connectivity index (χ1n) is 8.47. The summed E-state index contributed by atoms with van der Waals surface area (Å²) in [4.78, 5) is 19.4. The Kier molecular flexibility index (Phi) is 6.02. The highest BCUT2D eigenvalue weighted by atomic mass is 16.3. The van der Waals surface area contributed by atoms with Crippen molar-refractivity contribution < 1.29 is 9.90 Å². The molecule has 3 atom stereocenters. The van der Waals surface area contributed by atoms with Gasteiger partial charge >= 0.3 is 0 Å². The van der Waals surface area contributed by atoms with Gasteiger partial charge in [0.2, 0.25) is 5.91 Å². The number of aliphatic hydroxyl groups excluding tert-OH is 1. The molecule has 2 rings (SSSR count). The van der Waals surface area contributed by atoms with Gasteiger partial charge in [0.05, 0.1) is 12.1 Å². The SMILES string of the molecule is CCN1CCN(C(=O)C(C)N2CCCC2CC(C)O)CC1. The summed E-state index contributed by atoms with van der Waals surface area (Å²) in [6, 6.07) is 0.310. The summed E-state index contributed by atoms with van der Waals surface area (Å²) in [5, 5.41) is 9.63. The van der Waals surface area contributed by atoms with Crippen molar-refractivity contribution in [2.24, 2.45) is 0 Å². The molecule has 0 radical (unpaired) electrons. The molecule has 1 N–H and O–H groups in total. The maximum Gasteiger partial charge on any atom is 0.239 e. The summed E-state index contributed by atoms with van der Waals surface area (Å²) in [6.07, 6.45) is 2.73. The Bertz CT molecular complexity index is 340. The third-order valence-electron chi connectivity index (χ3n) is 5.02. The number of carbonyl (C=O) groups is 1. The molecule has 1 amide bonds. The van der Waals surface area contributed by atoms with Crippen LogP contribution in [-0.2, 0) is 4.79 Å². The molecule has 0 aliphatic carbocycles. The summed E-state index contributed by atoms with van der Waals surface area (Å²) in [7, 11) is 0. The van der Waals surface area contributed by atoms with E-state index >= 15 is 0 Å². The van der Waals surface area contributed by atoms with Gasteiger partial charge in [-0.05, 0) is 46.2 Å². The second-order valence-electron chi connectivity index (χ2n) is 6.55. The molecule has 122 valence electrons. The monoisotopic (exact) mass is 297 g/mol. The molecular formula is C16H31N3O2. The zero-order valence-corrected chi connectivity index (χ0v) is 13.8. The minimum Gasteiger partial charge on any atom is -0.393 e. The molecule has 5 nitrogen and oxygen atoms in total. The van der Waals surface area contributed by atoms with E-state index < -0.39 is 0 Å². The van der Waals surface area contributed by atoms with Gasteiger partial charge in [-0.15, -0.1) is 0 Å². The van der Waals surface area contributed by atoms with Gasteiger partial charge in [0.1, 0.15) is 0 Å². The second-order valence-corrected chi connectivity index (χ2v) is 6.55. The van der Waals surface area contributed by atoms with Crippen LogP contribution in [0.4, 0.5) is 0 Å². The largest absolute Gasteiger partial charge is 0.393 e. The zero-order valence-electron chi connectivity index (χ0n) is 13.8. The van der Waals surface area contributed by atoms with Crippen LogP contribution in [0.15, 0.2) is 0 Å². The predicted octanol–water partition coefficient (Wildman–Crippen LogP) is 0.774. The molecule has 5 heteroatoms. The molecule has 2 aliphatic heterocycles. The standard InChI is InChI=1S/C16H31N3O2/c1-4-17-8-10-18(11-9-17)16(21)14(3)19-7-5-6-15(19)12-13(2)20/h13-15,20H,4-12H2,1-3H3. The number of hydrogen-bond acceptors (Lipinski definition) is 4. The molecule has 0 aromatic carbocycles. The Morgan fingerprint density at radius 3 is 2.43 bits per heavy atom. The molecule has 0 aromatic heterocycles. The van der Waals surface area contributed by atoms with Crippen molar-refractivity contribution in [2.45, 2.75) is 58.2 Å². The first kappa shape index (κ1) is 16.7. The van der Waals surface area contributed by atoms with Gasteiger partial charge in [-0.3, -0.25) is 9.69 Å². The molecule has 2 fully saturated rings. The minimum atomic E-state index is -0.286. The number of likely N-dealkylation sites (tertiary alicyclic amines) is 1. The van der Waals surface area contributed by atoms with Gasteiger partial charge in [-0.1, -0.05) is 6.92 Å². The van der Waals surface area contributed by atoms with Crippen molar-refractivity contribution in [3.8, 4) is 0 Å². The molecule has 3 unspecified atom stereocenters. The maximum absolute atomic E-state index is 12.7. The summed E-state index contributed by atoms with van der Waals surface area (Å²) in [5.74, 6) is 0.267. The predicted molar refractivity (Wildman–Crippen MR) is 84.2 cm³/mol. The Labute approximate surface area is 128 Å². The smallest absolute Gasteiger partial charge is 0.239 e. The van der Waals surface area contributed by atoms with Crippen LogP contribution >= 0.6 is 0 Å². The summed E-state index contributed by atoms with van der Waals surface area (Å²) in [6.45, 7) is 11.8. The number of likely N-dealkylation sites (N-methyl/N-ethyl adjacent to an activating group) is 1. The van der Waals surface area contributed by atoms with Crippen molar-refractivity contribution >= 4 is 5.91 Å². The molecule has 2 saturated heterocycles. The van der Waals surface area contributed by atoms with E-state index in [-0.39, 0.29) is 18.1 Å². The maximum atomic E-state index is 12.7. The number of rotatable bonds is 5. The highest BCUT2D eigenvalue weighted by molar-refractivity contribution is 5.81. The first-order valence-corrected chi connectivity index (χ1v) is 8.47. The van der Waals surface area contributed by atoms with Gasteiger partial charge in [-0.25, -0.2) is 0 Å². The molecule has 2 heterocycles.